The van der Waals surface area contributed by atoms with Crippen LogP contribution in [-0.4, -0.2) is 36.1 Å². The molecule has 0 amide bonds. The molecule has 0 aliphatic heterocycles. The van der Waals surface area contributed by atoms with Gasteiger partial charge in [0.25, 0.3) is 0 Å². The highest BCUT2D eigenvalue weighted by Gasteiger charge is 2.14. The van der Waals surface area contributed by atoms with Crippen LogP contribution in [0.15, 0.2) is 18.3 Å². The number of rotatable bonds is 5. The molecule has 1 aromatic heterocycles. The van der Waals surface area contributed by atoms with Crippen molar-refractivity contribution in [1.82, 2.24) is 9.97 Å². The zero-order chi connectivity index (χ0) is 15.4. The number of carbonyl (C=O) groups is 1. The number of hydrogen-bond donors (Lipinski definition) is 0. The summed E-state index contributed by atoms with van der Waals surface area (Å²) in [6.45, 7) is 2.54. The van der Waals surface area contributed by atoms with Crippen molar-refractivity contribution < 1.29 is 18.3 Å². The largest absolute Gasteiger partial charge is 0.468 e. The van der Waals surface area contributed by atoms with E-state index in [-0.39, 0.29) is 17.6 Å². The summed E-state index contributed by atoms with van der Waals surface area (Å²) in [4.78, 5) is 21.4. The molecule has 2 rings (SSSR count). The Hall–Kier alpha value is -2.31. The van der Waals surface area contributed by atoms with E-state index >= 15 is 0 Å². The molecule has 0 fully saturated rings. The van der Waals surface area contributed by atoms with Gasteiger partial charge in [-0.2, -0.15) is 0 Å². The summed E-state index contributed by atoms with van der Waals surface area (Å²) in [6, 6.07) is 1.98. The van der Waals surface area contributed by atoms with E-state index < -0.39 is 17.6 Å². The molecule has 0 N–H and O–H groups in total. The minimum atomic E-state index is -0.982. The molecule has 2 aromatic rings. The van der Waals surface area contributed by atoms with Gasteiger partial charge in [0.15, 0.2) is 11.6 Å². The number of ether oxygens (including phenoxy) is 1. The van der Waals surface area contributed by atoms with Crippen LogP contribution in [-0.2, 0) is 9.53 Å². The van der Waals surface area contributed by atoms with Crippen LogP contribution < -0.4 is 4.90 Å². The van der Waals surface area contributed by atoms with E-state index in [2.05, 4.69) is 14.7 Å². The molecule has 21 heavy (non-hydrogen) atoms. The summed E-state index contributed by atoms with van der Waals surface area (Å²) in [5, 5.41) is 0. The van der Waals surface area contributed by atoms with E-state index in [1.165, 1.54) is 13.3 Å². The number of methoxy groups -OCH3 is 1. The van der Waals surface area contributed by atoms with Crippen LogP contribution in [0.3, 0.4) is 0 Å². The van der Waals surface area contributed by atoms with E-state index in [1.807, 2.05) is 6.92 Å². The zero-order valence-electron chi connectivity index (χ0n) is 11.8. The van der Waals surface area contributed by atoms with Gasteiger partial charge in [-0.1, -0.05) is 6.92 Å². The smallest absolute Gasteiger partial charge is 0.325 e. The molecule has 0 radical (unpaired) electrons. The fourth-order valence-corrected chi connectivity index (χ4v) is 1.92. The van der Waals surface area contributed by atoms with Gasteiger partial charge < -0.3 is 9.64 Å². The summed E-state index contributed by atoms with van der Waals surface area (Å²) in [5.74, 6) is -1.94. The Kier molecular flexibility index (Phi) is 4.62. The van der Waals surface area contributed by atoms with E-state index in [4.69, 9.17) is 0 Å². The molecule has 0 saturated heterocycles. The fourth-order valence-electron chi connectivity index (χ4n) is 1.92. The van der Waals surface area contributed by atoms with E-state index in [1.54, 1.807) is 4.90 Å². The second-order valence-electron chi connectivity index (χ2n) is 4.48. The van der Waals surface area contributed by atoms with Crippen LogP contribution in [0.1, 0.15) is 13.3 Å². The Morgan fingerprint density at radius 3 is 2.57 bits per heavy atom. The van der Waals surface area contributed by atoms with Crippen LogP contribution in [0, 0.1) is 11.6 Å². The van der Waals surface area contributed by atoms with Crippen molar-refractivity contribution in [2.45, 2.75) is 13.3 Å². The predicted molar refractivity (Wildman–Crippen MR) is 74.0 cm³/mol. The number of halogens is 2. The molecule has 0 aliphatic carbocycles. The number of fused-ring (bicyclic) bond motifs is 1. The van der Waals surface area contributed by atoms with Gasteiger partial charge in [0.05, 0.1) is 24.3 Å². The van der Waals surface area contributed by atoms with Gasteiger partial charge >= 0.3 is 5.97 Å². The Balaban J connectivity index is 2.38. The number of anilines is 1. The highest BCUT2D eigenvalue weighted by molar-refractivity contribution is 5.78. The Morgan fingerprint density at radius 2 is 1.95 bits per heavy atom. The quantitative estimate of drug-likeness (QED) is 0.792. The van der Waals surface area contributed by atoms with Crippen molar-refractivity contribution in [3.05, 3.63) is 30.0 Å². The molecule has 0 bridgehead atoms. The van der Waals surface area contributed by atoms with Gasteiger partial charge in [-0.15, -0.1) is 0 Å². The average molecular weight is 295 g/mol. The second-order valence-corrected chi connectivity index (χ2v) is 4.48. The van der Waals surface area contributed by atoms with Crippen molar-refractivity contribution in [3.8, 4) is 0 Å². The van der Waals surface area contributed by atoms with Gasteiger partial charge in [0, 0.05) is 18.7 Å². The van der Waals surface area contributed by atoms with Gasteiger partial charge in [0.1, 0.15) is 12.4 Å². The molecule has 112 valence electrons. The molecule has 0 atom stereocenters. The maximum Gasteiger partial charge on any atom is 0.325 e. The van der Waals surface area contributed by atoms with E-state index in [0.29, 0.717) is 12.4 Å². The lowest BCUT2D eigenvalue weighted by Crippen LogP contribution is -2.32. The number of hydrogen-bond acceptors (Lipinski definition) is 5. The highest BCUT2D eigenvalue weighted by atomic mass is 19.2. The molecule has 0 saturated carbocycles. The molecular formula is C14H15F2N3O2. The highest BCUT2D eigenvalue weighted by Crippen LogP contribution is 2.18. The van der Waals surface area contributed by atoms with Crippen LogP contribution >= 0.6 is 0 Å². The summed E-state index contributed by atoms with van der Waals surface area (Å²) >= 11 is 0. The summed E-state index contributed by atoms with van der Waals surface area (Å²) in [6.07, 6.45) is 2.22. The van der Waals surface area contributed by atoms with Crippen molar-refractivity contribution in [3.63, 3.8) is 0 Å². The van der Waals surface area contributed by atoms with Crippen LogP contribution in [0.4, 0.5) is 14.6 Å². The van der Waals surface area contributed by atoms with Crippen molar-refractivity contribution in [2.24, 2.45) is 0 Å². The first-order chi connectivity index (χ1) is 10.0. The normalized spacial score (nSPS) is 10.7. The first-order valence-corrected chi connectivity index (χ1v) is 6.48. The van der Waals surface area contributed by atoms with Crippen molar-refractivity contribution >= 4 is 22.8 Å². The number of nitrogens with zero attached hydrogens (tertiary/aromatic N) is 3. The Labute approximate surface area is 120 Å². The fraction of sp³-hybridized carbons (Fsp3) is 0.357. The lowest BCUT2D eigenvalue weighted by Gasteiger charge is -2.21. The second kappa shape index (κ2) is 6.43. The number of esters is 1. The number of aromatic nitrogens is 2. The first-order valence-electron chi connectivity index (χ1n) is 6.48. The zero-order valence-corrected chi connectivity index (χ0v) is 11.8. The Morgan fingerprint density at radius 1 is 1.29 bits per heavy atom. The molecule has 0 unspecified atom stereocenters. The molecule has 7 heteroatoms. The molecule has 0 aliphatic rings. The Bertz CT molecular complexity index is 664. The SMILES string of the molecule is CCCN(CC(=O)OC)c1cnc2cc(F)c(F)cc2n1. The standard InChI is InChI=1S/C14H15F2N3O2/c1-3-4-19(8-14(20)21-2)13-7-17-11-5-9(15)10(16)6-12(11)18-13/h5-7H,3-4,8H2,1-2H3. The maximum atomic E-state index is 13.3. The lowest BCUT2D eigenvalue weighted by atomic mass is 10.3. The third-order valence-electron chi connectivity index (χ3n) is 2.94. The molecule has 5 nitrogen and oxygen atoms in total. The summed E-state index contributed by atoms with van der Waals surface area (Å²) in [5.41, 5.74) is 0.490. The van der Waals surface area contributed by atoms with Crippen molar-refractivity contribution in [1.29, 1.82) is 0 Å². The minimum Gasteiger partial charge on any atom is -0.468 e. The molecule has 0 spiro atoms. The third kappa shape index (κ3) is 3.42. The summed E-state index contributed by atoms with van der Waals surface area (Å²) in [7, 11) is 1.30. The number of benzene rings is 1. The van der Waals surface area contributed by atoms with Gasteiger partial charge in [-0.25, -0.2) is 13.8 Å². The molecule has 1 heterocycles. The predicted octanol–water partition coefficient (Wildman–Crippen LogP) is 2.30. The topological polar surface area (TPSA) is 55.3 Å². The van der Waals surface area contributed by atoms with Gasteiger partial charge in [-0.05, 0) is 6.42 Å². The average Bonchev–Trinajstić information content (AvgIpc) is 2.47. The number of carbonyl (C=O) groups excluding carboxylic acids is 1. The van der Waals surface area contributed by atoms with Crippen molar-refractivity contribution in [2.75, 3.05) is 25.1 Å². The minimum absolute atomic E-state index is 0.0220. The van der Waals surface area contributed by atoms with Crippen LogP contribution in [0.5, 0.6) is 0 Å². The van der Waals surface area contributed by atoms with E-state index in [9.17, 15) is 13.6 Å². The maximum absolute atomic E-state index is 13.3. The third-order valence-corrected chi connectivity index (χ3v) is 2.94. The summed E-state index contributed by atoms with van der Waals surface area (Å²) < 4.78 is 31.0. The van der Waals surface area contributed by atoms with E-state index in [0.717, 1.165) is 18.6 Å². The van der Waals surface area contributed by atoms with Crippen LogP contribution in [0.25, 0.3) is 11.0 Å². The van der Waals surface area contributed by atoms with Crippen LogP contribution in [0.2, 0.25) is 0 Å². The van der Waals surface area contributed by atoms with Gasteiger partial charge in [0.2, 0.25) is 0 Å². The first kappa shape index (κ1) is 15.1. The monoisotopic (exact) mass is 295 g/mol. The molecular weight excluding hydrogens is 280 g/mol. The lowest BCUT2D eigenvalue weighted by molar-refractivity contribution is -0.138. The van der Waals surface area contributed by atoms with Gasteiger partial charge in [-0.3, -0.25) is 9.78 Å². The molecule has 1 aromatic carbocycles.